The van der Waals surface area contributed by atoms with Crippen molar-refractivity contribution in [1.82, 2.24) is 20.9 Å². The molecule has 0 saturated heterocycles. The number of para-hydroxylation sites is 1. The maximum absolute atomic E-state index is 13.1. The maximum atomic E-state index is 13.1. The fourth-order valence-corrected chi connectivity index (χ4v) is 3.30. The number of H-pyrrole nitrogens is 1. The summed E-state index contributed by atoms with van der Waals surface area (Å²) >= 11 is 0. The van der Waals surface area contributed by atoms with Crippen LogP contribution in [0.2, 0.25) is 0 Å². The number of hydrogen-bond acceptors (Lipinski definition) is 5. The van der Waals surface area contributed by atoms with Gasteiger partial charge in [0.2, 0.25) is 17.7 Å². The van der Waals surface area contributed by atoms with Gasteiger partial charge in [0.25, 0.3) is 0 Å². The summed E-state index contributed by atoms with van der Waals surface area (Å²) in [5.74, 6) is -3.05. The molecule has 7 N–H and O–H groups in total. The third-order valence-corrected chi connectivity index (χ3v) is 5.46. The summed E-state index contributed by atoms with van der Waals surface area (Å²) in [4.78, 5) is 52.1. The number of nitrogens with two attached hydrogens (primary N) is 1. The molecule has 0 bridgehead atoms. The number of hydrogen-bond donors (Lipinski definition) is 6. The van der Waals surface area contributed by atoms with Crippen molar-refractivity contribution in [1.29, 1.82) is 0 Å². The van der Waals surface area contributed by atoms with E-state index in [-0.39, 0.29) is 18.9 Å². The first-order valence-corrected chi connectivity index (χ1v) is 10.6. The van der Waals surface area contributed by atoms with Gasteiger partial charge in [0.1, 0.15) is 18.1 Å². The summed E-state index contributed by atoms with van der Waals surface area (Å²) in [6, 6.07) is 4.45. The molecule has 1 aromatic heterocycles. The third-order valence-electron chi connectivity index (χ3n) is 5.46. The lowest BCUT2D eigenvalue weighted by atomic mass is 9.97. The van der Waals surface area contributed by atoms with Gasteiger partial charge >= 0.3 is 5.97 Å². The number of aliphatic carboxylic acids is 1. The van der Waals surface area contributed by atoms with Crippen LogP contribution in [0.5, 0.6) is 0 Å². The van der Waals surface area contributed by atoms with E-state index < -0.39 is 41.8 Å². The van der Waals surface area contributed by atoms with E-state index in [0.717, 1.165) is 16.5 Å². The number of amides is 3. The zero-order chi connectivity index (χ0) is 23.8. The molecule has 0 aliphatic heterocycles. The number of carboxylic acids is 1. The predicted molar refractivity (Wildman–Crippen MR) is 120 cm³/mol. The Morgan fingerprint density at radius 3 is 2.38 bits per heavy atom. The van der Waals surface area contributed by atoms with Gasteiger partial charge in [-0.1, -0.05) is 38.5 Å². The summed E-state index contributed by atoms with van der Waals surface area (Å²) in [6.07, 6.45) is 2.49. The standard InChI is InChI=1S/C22H31N5O5/c1-4-12(2)19(27-18(28)10-23)21(30)26-17(20(29)25-13(3)22(31)32)9-14-11-24-16-8-6-5-7-15(14)16/h5-8,11-13,17,19,24H,4,9-10,23H2,1-3H3,(H,25,29)(H,26,30)(H,27,28)(H,31,32). The van der Waals surface area contributed by atoms with Crippen molar-refractivity contribution in [3.05, 3.63) is 36.0 Å². The molecular formula is C22H31N5O5. The second kappa shape index (κ2) is 11.3. The van der Waals surface area contributed by atoms with Crippen LogP contribution in [0.1, 0.15) is 32.8 Å². The Kier molecular flexibility index (Phi) is 8.77. The van der Waals surface area contributed by atoms with E-state index in [4.69, 9.17) is 10.8 Å². The summed E-state index contributed by atoms with van der Waals surface area (Å²) in [7, 11) is 0. The molecule has 0 radical (unpaired) electrons. The average molecular weight is 446 g/mol. The summed E-state index contributed by atoms with van der Waals surface area (Å²) in [6.45, 7) is 4.76. The van der Waals surface area contributed by atoms with Gasteiger partial charge in [0.15, 0.2) is 0 Å². The SMILES string of the molecule is CCC(C)C(NC(=O)CN)C(=O)NC(Cc1c[nH]c2ccccc12)C(=O)NC(C)C(=O)O. The lowest BCUT2D eigenvalue weighted by molar-refractivity contribution is -0.141. The van der Waals surface area contributed by atoms with Crippen LogP contribution in [-0.4, -0.2) is 58.5 Å². The Morgan fingerprint density at radius 2 is 1.75 bits per heavy atom. The minimum Gasteiger partial charge on any atom is -0.480 e. The number of carbonyl (C=O) groups excluding carboxylic acids is 3. The van der Waals surface area contributed by atoms with Crippen molar-refractivity contribution in [3.8, 4) is 0 Å². The van der Waals surface area contributed by atoms with Crippen LogP contribution in [-0.2, 0) is 25.6 Å². The molecule has 0 saturated carbocycles. The fourth-order valence-electron chi connectivity index (χ4n) is 3.30. The van der Waals surface area contributed by atoms with Crippen molar-refractivity contribution in [2.45, 2.75) is 51.7 Å². The minimum atomic E-state index is -1.19. The van der Waals surface area contributed by atoms with E-state index in [9.17, 15) is 19.2 Å². The van der Waals surface area contributed by atoms with Crippen LogP contribution in [0.15, 0.2) is 30.5 Å². The molecule has 2 rings (SSSR count). The molecule has 32 heavy (non-hydrogen) atoms. The number of rotatable bonds is 11. The molecule has 4 atom stereocenters. The molecule has 1 aromatic carbocycles. The summed E-state index contributed by atoms with van der Waals surface area (Å²) in [5.41, 5.74) is 7.03. The Balaban J connectivity index is 2.29. The number of carboxylic acid groups (broad SMARTS) is 1. The van der Waals surface area contributed by atoms with Gasteiger partial charge in [-0.3, -0.25) is 19.2 Å². The molecule has 0 fully saturated rings. The molecule has 3 amide bonds. The molecule has 1 heterocycles. The second-order valence-electron chi connectivity index (χ2n) is 7.83. The van der Waals surface area contributed by atoms with Crippen LogP contribution < -0.4 is 21.7 Å². The monoisotopic (exact) mass is 445 g/mol. The quantitative estimate of drug-likeness (QED) is 0.290. The molecule has 4 unspecified atom stereocenters. The first-order chi connectivity index (χ1) is 15.2. The fraction of sp³-hybridized carbons (Fsp3) is 0.455. The molecule has 0 aliphatic carbocycles. The molecule has 174 valence electrons. The highest BCUT2D eigenvalue weighted by atomic mass is 16.4. The third kappa shape index (κ3) is 6.30. The Bertz CT molecular complexity index is 973. The van der Waals surface area contributed by atoms with Gasteiger partial charge in [0.05, 0.1) is 6.54 Å². The van der Waals surface area contributed by atoms with E-state index in [1.54, 1.807) is 6.20 Å². The number of benzene rings is 1. The molecule has 0 aliphatic rings. The highest BCUT2D eigenvalue weighted by Gasteiger charge is 2.31. The van der Waals surface area contributed by atoms with Crippen LogP contribution >= 0.6 is 0 Å². The summed E-state index contributed by atoms with van der Waals surface area (Å²) in [5, 5.41) is 17.7. The van der Waals surface area contributed by atoms with Crippen LogP contribution in [0, 0.1) is 5.92 Å². The number of nitrogens with one attached hydrogen (secondary N) is 4. The normalized spacial score (nSPS) is 14.8. The Hall–Kier alpha value is -3.40. The number of aromatic amines is 1. The highest BCUT2D eigenvalue weighted by Crippen LogP contribution is 2.19. The Morgan fingerprint density at radius 1 is 1.06 bits per heavy atom. The van der Waals surface area contributed by atoms with Crippen molar-refractivity contribution >= 4 is 34.6 Å². The number of fused-ring (bicyclic) bond motifs is 1. The van der Waals surface area contributed by atoms with E-state index in [1.807, 2.05) is 38.1 Å². The lowest BCUT2D eigenvalue weighted by Gasteiger charge is -2.26. The van der Waals surface area contributed by atoms with Crippen LogP contribution in [0.4, 0.5) is 0 Å². The van der Waals surface area contributed by atoms with E-state index in [2.05, 4.69) is 20.9 Å². The van der Waals surface area contributed by atoms with Crippen LogP contribution in [0.25, 0.3) is 10.9 Å². The number of aromatic nitrogens is 1. The van der Waals surface area contributed by atoms with Crippen molar-refractivity contribution < 1.29 is 24.3 Å². The topological polar surface area (TPSA) is 166 Å². The molecular weight excluding hydrogens is 414 g/mol. The maximum Gasteiger partial charge on any atom is 0.325 e. The van der Waals surface area contributed by atoms with Gasteiger partial charge in [-0.15, -0.1) is 0 Å². The molecule has 10 nitrogen and oxygen atoms in total. The Labute approximate surface area is 186 Å². The number of carbonyl (C=O) groups is 4. The smallest absolute Gasteiger partial charge is 0.325 e. The molecule has 0 spiro atoms. The predicted octanol–water partition coefficient (Wildman–Crippen LogP) is 0.274. The first kappa shape index (κ1) is 24.9. The van der Waals surface area contributed by atoms with E-state index in [0.29, 0.717) is 6.42 Å². The highest BCUT2D eigenvalue weighted by molar-refractivity contribution is 5.94. The largest absolute Gasteiger partial charge is 0.480 e. The van der Waals surface area contributed by atoms with Gasteiger partial charge in [0, 0.05) is 23.5 Å². The lowest BCUT2D eigenvalue weighted by Crippen LogP contribution is -2.58. The van der Waals surface area contributed by atoms with E-state index in [1.165, 1.54) is 6.92 Å². The van der Waals surface area contributed by atoms with Crippen LogP contribution in [0.3, 0.4) is 0 Å². The summed E-state index contributed by atoms with van der Waals surface area (Å²) < 4.78 is 0. The second-order valence-corrected chi connectivity index (χ2v) is 7.83. The van der Waals surface area contributed by atoms with Crippen molar-refractivity contribution in [2.24, 2.45) is 11.7 Å². The van der Waals surface area contributed by atoms with Gasteiger partial charge in [-0.2, -0.15) is 0 Å². The average Bonchev–Trinajstić information content (AvgIpc) is 3.18. The van der Waals surface area contributed by atoms with Gasteiger partial charge in [-0.05, 0) is 24.5 Å². The van der Waals surface area contributed by atoms with E-state index >= 15 is 0 Å². The zero-order valence-corrected chi connectivity index (χ0v) is 18.5. The molecule has 2 aromatic rings. The molecule has 10 heteroatoms. The minimum absolute atomic E-state index is 0.131. The van der Waals surface area contributed by atoms with Crippen molar-refractivity contribution in [3.63, 3.8) is 0 Å². The zero-order valence-electron chi connectivity index (χ0n) is 18.5. The van der Waals surface area contributed by atoms with Crippen molar-refractivity contribution in [2.75, 3.05) is 6.54 Å². The van der Waals surface area contributed by atoms with Gasteiger partial charge in [-0.25, -0.2) is 0 Å². The van der Waals surface area contributed by atoms with Gasteiger partial charge < -0.3 is 31.8 Å². The first-order valence-electron chi connectivity index (χ1n) is 10.6.